The lowest BCUT2D eigenvalue weighted by Crippen LogP contribution is -2.14. The van der Waals surface area contributed by atoms with Gasteiger partial charge in [-0.15, -0.1) is 0 Å². The predicted molar refractivity (Wildman–Crippen MR) is 75.7 cm³/mol. The first-order valence-corrected chi connectivity index (χ1v) is 6.10. The maximum atomic E-state index is 11.9. The van der Waals surface area contributed by atoms with Crippen molar-refractivity contribution in [1.82, 2.24) is 0 Å². The molecular formula is C16H15NO2. The highest BCUT2D eigenvalue weighted by Crippen LogP contribution is 2.11. The molecule has 0 atom stereocenters. The summed E-state index contributed by atoms with van der Waals surface area (Å²) >= 11 is 0. The summed E-state index contributed by atoms with van der Waals surface area (Å²) in [4.78, 5) is 23.2. The summed E-state index contributed by atoms with van der Waals surface area (Å²) in [5.74, 6) is 0.0341. The molecule has 0 saturated heterocycles. The van der Waals surface area contributed by atoms with Crippen LogP contribution in [0.3, 0.4) is 0 Å². The molecule has 0 aliphatic carbocycles. The maximum absolute atomic E-state index is 11.9. The zero-order chi connectivity index (χ0) is 13.7. The fourth-order valence-electron chi connectivity index (χ4n) is 1.76. The van der Waals surface area contributed by atoms with Crippen LogP contribution < -0.4 is 5.32 Å². The number of hydrogen-bond acceptors (Lipinski definition) is 3. The van der Waals surface area contributed by atoms with Gasteiger partial charge in [0.15, 0.2) is 11.6 Å². The van der Waals surface area contributed by atoms with E-state index in [1.165, 1.54) is 6.92 Å². The van der Waals surface area contributed by atoms with Crippen molar-refractivity contribution in [2.45, 2.75) is 6.92 Å². The minimum absolute atomic E-state index is 0.0121. The van der Waals surface area contributed by atoms with Gasteiger partial charge in [0, 0.05) is 16.8 Å². The fourth-order valence-corrected chi connectivity index (χ4v) is 1.76. The summed E-state index contributed by atoms with van der Waals surface area (Å²) in [7, 11) is 0. The molecule has 0 saturated carbocycles. The Morgan fingerprint density at radius 3 is 2.32 bits per heavy atom. The molecule has 0 spiro atoms. The topological polar surface area (TPSA) is 46.2 Å². The summed E-state index contributed by atoms with van der Waals surface area (Å²) in [6.45, 7) is 1.74. The molecular weight excluding hydrogens is 238 g/mol. The van der Waals surface area contributed by atoms with Crippen LogP contribution in [0.1, 0.15) is 27.6 Å². The lowest BCUT2D eigenvalue weighted by atomic mass is 10.1. The highest BCUT2D eigenvalue weighted by Gasteiger charge is 2.05. The van der Waals surface area contributed by atoms with Crippen molar-refractivity contribution >= 4 is 17.3 Å². The van der Waals surface area contributed by atoms with Gasteiger partial charge >= 0.3 is 0 Å². The van der Waals surface area contributed by atoms with Crippen LogP contribution in [0.15, 0.2) is 54.6 Å². The maximum Gasteiger partial charge on any atom is 0.181 e. The van der Waals surface area contributed by atoms with Crippen LogP contribution in [0.2, 0.25) is 0 Å². The molecule has 0 bridgehead atoms. The van der Waals surface area contributed by atoms with Crippen molar-refractivity contribution < 1.29 is 9.59 Å². The number of ketones is 2. The first kappa shape index (κ1) is 13.0. The number of nitrogens with one attached hydrogen (secondary N) is 1. The van der Waals surface area contributed by atoms with Crippen molar-refractivity contribution in [1.29, 1.82) is 0 Å². The van der Waals surface area contributed by atoms with Crippen LogP contribution in [0, 0.1) is 0 Å². The van der Waals surface area contributed by atoms with Gasteiger partial charge in [-0.05, 0) is 19.1 Å². The second-order valence-corrected chi connectivity index (χ2v) is 4.28. The van der Waals surface area contributed by atoms with E-state index in [0.717, 1.165) is 5.69 Å². The number of Topliss-reactive ketones (excluding diaryl/α,β-unsaturated/α-hetero) is 2. The summed E-state index contributed by atoms with van der Waals surface area (Å²) in [5, 5.41) is 3.04. The molecule has 2 aromatic carbocycles. The highest BCUT2D eigenvalue weighted by atomic mass is 16.1. The van der Waals surface area contributed by atoms with Crippen molar-refractivity contribution in [3.05, 3.63) is 65.7 Å². The second kappa shape index (κ2) is 5.96. The van der Waals surface area contributed by atoms with Gasteiger partial charge < -0.3 is 5.32 Å². The molecule has 1 N–H and O–H groups in total. The lowest BCUT2D eigenvalue weighted by Gasteiger charge is -2.06. The van der Waals surface area contributed by atoms with Crippen LogP contribution in [-0.2, 0) is 0 Å². The third-order valence-corrected chi connectivity index (χ3v) is 2.82. The Hall–Kier alpha value is -2.42. The van der Waals surface area contributed by atoms with E-state index in [0.29, 0.717) is 11.1 Å². The van der Waals surface area contributed by atoms with E-state index in [2.05, 4.69) is 5.32 Å². The zero-order valence-corrected chi connectivity index (χ0v) is 10.7. The SMILES string of the molecule is CC(=O)c1cccc(NCC(=O)c2ccccc2)c1. The van der Waals surface area contributed by atoms with Crippen LogP contribution in [0.4, 0.5) is 5.69 Å². The lowest BCUT2D eigenvalue weighted by molar-refractivity contribution is 0.100. The molecule has 0 amide bonds. The minimum atomic E-state index is 0.0121. The van der Waals surface area contributed by atoms with Gasteiger partial charge in [-0.1, -0.05) is 42.5 Å². The normalized spacial score (nSPS) is 9.95. The molecule has 3 heteroatoms. The average Bonchev–Trinajstić information content (AvgIpc) is 2.46. The standard InChI is InChI=1S/C16H15NO2/c1-12(18)14-8-5-9-15(10-14)17-11-16(19)13-6-3-2-4-7-13/h2-10,17H,11H2,1H3. The summed E-state index contributed by atoms with van der Waals surface area (Å²) in [5.41, 5.74) is 2.09. The molecule has 0 radical (unpaired) electrons. The summed E-state index contributed by atoms with van der Waals surface area (Å²) in [6.07, 6.45) is 0. The summed E-state index contributed by atoms with van der Waals surface area (Å²) < 4.78 is 0. The van der Waals surface area contributed by atoms with E-state index in [4.69, 9.17) is 0 Å². The molecule has 3 nitrogen and oxygen atoms in total. The van der Waals surface area contributed by atoms with Crippen LogP contribution in [0.5, 0.6) is 0 Å². The van der Waals surface area contributed by atoms with E-state index in [9.17, 15) is 9.59 Å². The van der Waals surface area contributed by atoms with Gasteiger partial charge in [0.2, 0.25) is 0 Å². The number of anilines is 1. The van der Waals surface area contributed by atoms with Crippen LogP contribution >= 0.6 is 0 Å². The number of hydrogen-bond donors (Lipinski definition) is 1. The van der Waals surface area contributed by atoms with Gasteiger partial charge in [-0.25, -0.2) is 0 Å². The zero-order valence-electron chi connectivity index (χ0n) is 10.7. The van der Waals surface area contributed by atoms with Crippen molar-refractivity contribution in [3.63, 3.8) is 0 Å². The average molecular weight is 253 g/mol. The predicted octanol–water partition coefficient (Wildman–Crippen LogP) is 3.18. The number of rotatable bonds is 5. The van der Waals surface area contributed by atoms with Gasteiger partial charge in [0.25, 0.3) is 0 Å². The highest BCUT2D eigenvalue weighted by molar-refractivity contribution is 5.99. The van der Waals surface area contributed by atoms with Crippen molar-refractivity contribution in [2.24, 2.45) is 0 Å². The first-order chi connectivity index (χ1) is 9.16. The van der Waals surface area contributed by atoms with E-state index >= 15 is 0 Å². The van der Waals surface area contributed by atoms with Gasteiger partial charge in [0.05, 0.1) is 6.54 Å². The van der Waals surface area contributed by atoms with Crippen molar-refractivity contribution in [3.8, 4) is 0 Å². The Kier molecular flexibility index (Phi) is 4.08. The smallest absolute Gasteiger partial charge is 0.181 e. The van der Waals surface area contributed by atoms with Crippen LogP contribution in [-0.4, -0.2) is 18.1 Å². The Labute approximate surface area is 112 Å². The Morgan fingerprint density at radius 1 is 0.947 bits per heavy atom. The minimum Gasteiger partial charge on any atom is -0.378 e. The van der Waals surface area contributed by atoms with E-state index in [1.54, 1.807) is 30.3 Å². The summed E-state index contributed by atoms with van der Waals surface area (Å²) in [6, 6.07) is 16.3. The van der Waals surface area contributed by atoms with E-state index < -0.39 is 0 Å². The first-order valence-electron chi connectivity index (χ1n) is 6.10. The number of carbonyl (C=O) groups is 2. The largest absolute Gasteiger partial charge is 0.378 e. The number of benzene rings is 2. The molecule has 0 aliphatic rings. The Bertz CT molecular complexity index is 591. The Balaban J connectivity index is 2.01. The third kappa shape index (κ3) is 3.52. The molecule has 2 rings (SSSR count). The van der Waals surface area contributed by atoms with E-state index in [-0.39, 0.29) is 18.1 Å². The molecule has 2 aromatic rings. The molecule has 0 fully saturated rings. The van der Waals surface area contributed by atoms with Crippen molar-refractivity contribution in [2.75, 3.05) is 11.9 Å². The van der Waals surface area contributed by atoms with E-state index in [1.807, 2.05) is 24.3 Å². The van der Waals surface area contributed by atoms with Gasteiger partial charge in [-0.2, -0.15) is 0 Å². The fraction of sp³-hybridized carbons (Fsp3) is 0.125. The van der Waals surface area contributed by atoms with Gasteiger partial charge in [0.1, 0.15) is 0 Å². The molecule has 0 unspecified atom stereocenters. The monoisotopic (exact) mass is 253 g/mol. The second-order valence-electron chi connectivity index (χ2n) is 4.28. The molecule has 0 aliphatic heterocycles. The van der Waals surface area contributed by atoms with Crippen LogP contribution in [0.25, 0.3) is 0 Å². The third-order valence-electron chi connectivity index (χ3n) is 2.82. The molecule has 0 heterocycles. The quantitative estimate of drug-likeness (QED) is 0.832. The molecule has 96 valence electrons. The number of carbonyl (C=O) groups excluding carboxylic acids is 2. The molecule has 0 aromatic heterocycles. The van der Waals surface area contributed by atoms with Gasteiger partial charge in [-0.3, -0.25) is 9.59 Å². The Morgan fingerprint density at radius 2 is 1.63 bits per heavy atom. The molecule has 19 heavy (non-hydrogen) atoms.